The normalized spacial score (nSPS) is 29.4. The lowest BCUT2D eigenvalue weighted by molar-refractivity contribution is -0.131. The fourth-order valence-corrected chi connectivity index (χ4v) is 3.18. The maximum absolute atomic E-state index is 12.3. The Morgan fingerprint density at radius 1 is 1.24 bits per heavy atom. The summed E-state index contributed by atoms with van der Waals surface area (Å²) in [6.07, 6.45) is 1.12. The van der Waals surface area contributed by atoms with Crippen LogP contribution in [0.2, 0.25) is 0 Å². The Hall–Kier alpha value is -1.39. The molecule has 0 radical (unpaired) electrons. The quantitative estimate of drug-likeness (QED) is 0.906. The summed E-state index contributed by atoms with van der Waals surface area (Å²) in [7, 11) is 2.11. The molecule has 2 atom stereocenters. The van der Waals surface area contributed by atoms with E-state index in [2.05, 4.69) is 48.5 Å². The number of hydrogen-bond donors (Lipinski definition) is 1. The fourth-order valence-electron chi connectivity index (χ4n) is 3.18. The predicted octanol–water partition coefficient (Wildman–Crippen LogP) is 1.30. The molecule has 1 heterocycles. The third-order valence-corrected chi connectivity index (χ3v) is 4.94. The highest BCUT2D eigenvalue weighted by atomic mass is 16.2. The Morgan fingerprint density at radius 3 is 2.57 bits per heavy atom. The first-order chi connectivity index (χ1) is 10.1. The molecule has 21 heavy (non-hydrogen) atoms. The first-order valence-electron chi connectivity index (χ1n) is 7.85. The molecule has 4 nitrogen and oxygen atoms in total. The molecule has 1 amide bonds. The highest BCUT2D eigenvalue weighted by molar-refractivity contribution is 5.78. The van der Waals surface area contributed by atoms with E-state index in [4.69, 9.17) is 0 Å². The van der Waals surface area contributed by atoms with Crippen molar-refractivity contribution in [3.8, 4) is 0 Å². The molecule has 1 saturated carbocycles. The van der Waals surface area contributed by atoms with Crippen LogP contribution in [0.1, 0.15) is 24.8 Å². The van der Waals surface area contributed by atoms with E-state index in [0.717, 1.165) is 32.6 Å². The van der Waals surface area contributed by atoms with Crippen LogP contribution in [-0.2, 0) is 4.79 Å². The van der Waals surface area contributed by atoms with E-state index in [0.29, 0.717) is 12.5 Å². The number of likely N-dealkylation sites (N-methyl/N-ethyl adjacent to an activating group) is 1. The van der Waals surface area contributed by atoms with Gasteiger partial charge in [-0.1, -0.05) is 30.3 Å². The second kappa shape index (κ2) is 5.78. The summed E-state index contributed by atoms with van der Waals surface area (Å²) >= 11 is 0. The molecule has 2 aliphatic rings. The van der Waals surface area contributed by atoms with Gasteiger partial charge >= 0.3 is 0 Å². The number of hydrogen-bond acceptors (Lipinski definition) is 3. The van der Waals surface area contributed by atoms with Gasteiger partial charge in [-0.2, -0.15) is 0 Å². The van der Waals surface area contributed by atoms with E-state index in [1.54, 1.807) is 0 Å². The number of rotatable bonds is 4. The molecule has 1 aromatic carbocycles. The molecule has 1 N–H and O–H groups in total. The van der Waals surface area contributed by atoms with Gasteiger partial charge in [-0.3, -0.25) is 4.79 Å². The minimum Gasteiger partial charge on any atom is -0.339 e. The second-order valence-corrected chi connectivity index (χ2v) is 6.62. The summed E-state index contributed by atoms with van der Waals surface area (Å²) in [5.41, 5.74) is 1.46. The van der Waals surface area contributed by atoms with E-state index >= 15 is 0 Å². The predicted molar refractivity (Wildman–Crippen MR) is 84.3 cm³/mol. The number of piperazine rings is 1. The smallest absolute Gasteiger partial charge is 0.236 e. The fraction of sp³-hybridized carbons (Fsp3) is 0.588. The van der Waals surface area contributed by atoms with E-state index in [9.17, 15) is 4.79 Å². The van der Waals surface area contributed by atoms with Crippen molar-refractivity contribution < 1.29 is 4.79 Å². The standard InChI is InChI=1S/C17H25N3O/c1-17(12-15(17)14-6-4-3-5-7-14)18-13-16(21)20-10-8-19(2)9-11-20/h3-7,15,18H,8-13H2,1-2H3/t15-,17-/m1/s1. The van der Waals surface area contributed by atoms with E-state index in [1.807, 2.05) is 11.0 Å². The van der Waals surface area contributed by atoms with Gasteiger partial charge in [0.15, 0.2) is 0 Å². The van der Waals surface area contributed by atoms with Crippen molar-refractivity contribution in [2.24, 2.45) is 0 Å². The molecule has 2 fully saturated rings. The van der Waals surface area contributed by atoms with Crippen molar-refractivity contribution in [2.45, 2.75) is 24.8 Å². The summed E-state index contributed by atoms with van der Waals surface area (Å²) in [5.74, 6) is 0.780. The Labute approximate surface area is 127 Å². The van der Waals surface area contributed by atoms with Crippen LogP contribution < -0.4 is 5.32 Å². The maximum Gasteiger partial charge on any atom is 0.236 e. The van der Waals surface area contributed by atoms with Gasteiger partial charge in [0.25, 0.3) is 0 Å². The summed E-state index contributed by atoms with van der Waals surface area (Å²) in [6, 6.07) is 10.6. The van der Waals surface area contributed by atoms with Crippen LogP contribution in [-0.4, -0.2) is 61.0 Å². The Bertz CT molecular complexity index is 496. The summed E-state index contributed by atoms with van der Waals surface area (Å²) in [4.78, 5) is 16.5. The first kappa shape index (κ1) is 14.5. The Morgan fingerprint density at radius 2 is 1.90 bits per heavy atom. The van der Waals surface area contributed by atoms with Gasteiger partial charge in [0.05, 0.1) is 6.54 Å². The van der Waals surface area contributed by atoms with Crippen LogP contribution in [0.3, 0.4) is 0 Å². The third-order valence-electron chi connectivity index (χ3n) is 4.94. The second-order valence-electron chi connectivity index (χ2n) is 6.62. The molecule has 1 aliphatic carbocycles. The minimum atomic E-state index is 0.0869. The number of nitrogens with zero attached hydrogens (tertiary/aromatic N) is 2. The van der Waals surface area contributed by atoms with Crippen molar-refractivity contribution in [1.29, 1.82) is 0 Å². The van der Waals surface area contributed by atoms with E-state index in [1.165, 1.54) is 5.56 Å². The number of nitrogens with one attached hydrogen (secondary N) is 1. The van der Waals surface area contributed by atoms with E-state index in [-0.39, 0.29) is 11.4 Å². The number of amides is 1. The van der Waals surface area contributed by atoms with Crippen LogP contribution in [0.4, 0.5) is 0 Å². The highest BCUT2D eigenvalue weighted by Crippen LogP contribution is 2.50. The van der Waals surface area contributed by atoms with Crippen molar-refractivity contribution in [1.82, 2.24) is 15.1 Å². The molecule has 0 spiro atoms. The molecule has 1 aromatic rings. The number of carbonyl (C=O) groups is 1. The molecule has 3 rings (SSSR count). The van der Waals surface area contributed by atoms with Gasteiger partial charge in [0, 0.05) is 37.6 Å². The monoisotopic (exact) mass is 287 g/mol. The SMILES string of the molecule is CN1CCN(C(=O)CN[C@]2(C)C[C@@H]2c2ccccc2)CC1. The Balaban J connectivity index is 1.49. The molecule has 114 valence electrons. The zero-order chi connectivity index (χ0) is 14.9. The first-order valence-corrected chi connectivity index (χ1v) is 7.85. The molecule has 0 aromatic heterocycles. The third kappa shape index (κ3) is 3.27. The van der Waals surface area contributed by atoms with Crippen molar-refractivity contribution in [2.75, 3.05) is 39.8 Å². The maximum atomic E-state index is 12.3. The molecule has 0 bridgehead atoms. The van der Waals surface area contributed by atoms with E-state index < -0.39 is 0 Å². The largest absolute Gasteiger partial charge is 0.339 e. The van der Waals surface area contributed by atoms with Gasteiger partial charge in [0.2, 0.25) is 5.91 Å². The lowest BCUT2D eigenvalue weighted by atomic mass is 10.1. The zero-order valence-electron chi connectivity index (χ0n) is 13.0. The molecule has 1 aliphatic heterocycles. The summed E-state index contributed by atoms with van der Waals surface area (Å²) < 4.78 is 0. The number of carbonyl (C=O) groups excluding carboxylic acids is 1. The summed E-state index contributed by atoms with van der Waals surface area (Å²) in [5, 5.41) is 3.49. The van der Waals surface area contributed by atoms with Crippen LogP contribution in [0.25, 0.3) is 0 Å². The Kier molecular flexibility index (Phi) is 4.00. The van der Waals surface area contributed by atoms with Crippen molar-refractivity contribution in [3.63, 3.8) is 0 Å². The van der Waals surface area contributed by atoms with Gasteiger partial charge in [-0.25, -0.2) is 0 Å². The number of benzene rings is 1. The van der Waals surface area contributed by atoms with Gasteiger partial charge in [0.1, 0.15) is 0 Å². The molecular weight excluding hydrogens is 262 g/mol. The van der Waals surface area contributed by atoms with Crippen LogP contribution in [0, 0.1) is 0 Å². The van der Waals surface area contributed by atoms with Crippen molar-refractivity contribution >= 4 is 5.91 Å². The van der Waals surface area contributed by atoms with Crippen molar-refractivity contribution in [3.05, 3.63) is 35.9 Å². The lowest BCUT2D eigenvalue weighted by Crippen LogP contribution is -2.50. The average Bonchev–Trinajstić information content (AvgIpc) is 3.19. The molecule has 0 unspecified atom stereocenters. The van der Waals surface area contributed by atoms with Crippen LogP contribution >= 0.6 is 0 Å². The van der Waals surface area contributed by atoms with Crippen LogP contribution in [0.5, 0.6) is 0 Å². The topological polar surface area (TPSA) is 35.6 Å². The average molecular weight is 287 g/mol. The molecule has 1 saturated heterocycles. The molecular formula is C17H25N3O. The van der Waals surface area contributed by atoms with Gasteiger partial charge in [-0.05, 0) is 26.0 Å². The minimum absolute atomic E-state index is 0.0869. The highest BCUT2D eigenvalue weighted by Gasteiger charge is 2.50. The van der Waals surface area contributed by atoms with Gasteiger partial charge in [-0.15, -0.1) is 0 Å². The van der Waals surface area contributed by atoms with Crippen LogP contribution in [0.15, 0.2) is 30.3 Å². The molecule has 4 heteroatoms. The zero-order valence-corrected chi connectivity index (χ0v) is 13.0. The summed E-state index contributed by atoms with van der Waals surface area (Å²) in [6.45, 7) is 6.36. The lowest BCUT2D eigenvalue weighted by Gasteiger charge is -2.32. The van der Waals surface area contributed by atoms with Gasteiger partial charge < -0.3 is 15.1 Å².